The Hall–Kier alpha value is -4.46. The normalized spacial score (nSPS) is 14.8. The molecule has 0 aliphatic carbocycles. The molecule has 0 unspecified atom stereocenters. The Bertz CT molecular complexity index is 1440. The van der Waals surface area contributed by atoms with Crippen LogP contribution in [0.25, 0.3) is 0 Å². The topological polar surface area (TPSA) is 76.3 Å². The van der Waals surface area contributed by atoms with Crippen LogP contribution >= 0.6 is 0 Å². The molecule has 0 bridgehead atoms. The van der Waals surface area contributed by atoms with Gasteiger partial charge in [-0.25, -0.2) is 0 Å². The largest absolute Gasteiger partial charge is 0.350 e. The zero-order valence-electron chi connectivity index (χ0n) is 21.8. The SMILES string of the molecule is Cn1cc2c(n1)N(Cc1ccccc1)CC=CC2=O.Cn1cc2c(n1)N(Cc1ccccc1)CCCC2=O. The van der Waals surface area contributed by atoms with Crippen LogP contribution in [0.3, 0.4) is 0 Å². The van der Waals surface area contributed by atoms with Gasteiger partial charge in [-0.05, 0) is 23.6 Å². The van der Waals surface area contributed by atoms with Crippen LogP contribution in [0.2, 0.25) is 0 Å². The van der Waals surface area contributed by atoms with Gasteiger partial charge < -0.3 is 9.80 Å². The Morgan fingerprint density at radius 2 is 1.29 bits per heavy atom. The molecule has 2 aliphatic rings. The van der Waals surface area contributed by atoms with Gasteiger partial charge in [0.05, 0.1) is 11.1 Å². The molecule has 0 atom stereocenters. The highest BCUT2D eigenvalue weighted by molar-refractivity contribution is 6.08. The summed E-state index contributed by atoms with van der Waals surface area (Å²) in [6.45, 7) is 3.13. The van der Waals surface area contributed by atoms with Gasteiger partial charge in [-0.2, -0.15) is 10.2 Å². The number of carbonyl (C=O) groups excluding carboxylic acids is 2. The smallest absolute Gasteiger partial charge is 0.190 e. The summed E-state index contributed by atoms with van der Waals surface area (Å²) in [5.41, 5.74) is 3.89. The third-order valence-electron chi connectivity index (χ3n) is 6.64. The number of benzene rings is 2. The molecular weight excluding hydrogens is 476 g/mol. The number of carbonyl (C=O) groups is 2. The number of hydrogen-bond acceptors (Lipinski definition) is 6. The van der Waals surface area contributed by atoms with Gasteiger partial charge in [-0.3, -0.25) is 19.0 Å². The average molecular weight is 509 g/mol. The minimum Gasteiger partial charge on any atom is -0.350 e. The predicted molar refractivity (Wildman–Crippen MR) is 148 cm³/mol. The van der Waals surface area contributed by atoms with E-state index < -0.39 is 0 Å². The lowest BCUT2D eigenvalue weighted by Gasteiger charge is -2.21. The van der Waals surface area contributed by atoms with Crippen molar-refractivity contribution in [1.29, 1.82) is 0 Å². The van der Waals surface area contributed by atoms with E-state index in [-0.39, 0.29) is 11.6 Å². The van der Waals surface area contributed by atoms with Crippen LogP contribution in [0.4, 0.5) is 11.6 Å². The highest BCUT2D eigenvalue weighted by atomic mass is 16.1. The molecule has 194 valence electrons. The van der Waals surface area contributed by atoms with Crippen molar-refractivity contribution < 1.29 is 9.59 Å². The molecule has 4 heterocycles. The van der Waals surface area contributed by atoms with Crippen LogP contribution < -0.4 is 9.80 Å². The quantitative estimate of drug-likeness (QED) is 0.402. The van der Waals surface area contributed by atoms with E-state index in [9.17, 15) is 9.59 Å². The molecule has 0 saturated carbocycles. The Balaban J connectivity index is 0.000000155. The summed E-state index contributed by atoms with van der Waals surface area (Å²) >= 11 is 0. The van der Waals surface area contributed by atoms with Gasteiger partial charge in [0.25, 0.3) is 0 Å². The number of fused-ring (bicyclic) bond motifs is 2. The molecule has 0 radical (unpaired) electrons. The molecule has 2 aliphatic heterocycles. The molecule has 38 heavy (non-hydrogen) atoms. The van der Waals surface area contributed by atoms with Crippen molar-refractivity contribution in [2.24, 2.45) is 14.1 Å². The number of anilines is 2. The van der Waals surface area contributed by atoms with Crippen LogP contribution in [0.15, 0.2) is 85.2 Å². The van der Waals surface area contributed by atoms with Crippen molar-refractivity contribution in [3.63, 3.8) is 0 Å². The predicted octanol–water partition coefficient (Wildman–Crippen LogP) is 4.58. The summed E-state index contributed by atoms with van der Waals surface area (Å²) in [6.07, 6.45) is 8.65. The Morgan fingerprint density at radius 1 is 0.737 bits per heavy atom. The van der Waals surface area contributed by atoms with E-state index in [0.29, 0.717) is 18.5 Å². The molecule has 4 aromatic rings. The summed E-state index contributed by atoms with van der Waals surface area (Å²) in [6, 6.07) is 20.5. The fourth-order valence-corrected chi connectivity index (χ4v) is 4.83. The van der Waals surface area contributed by atoms with Gasteiger partial charge >= 0.3 is 0 Å². The molecule has 6 rings (SSSR count). The van der Waals surface area contributed by atoms with Crippen LogP contribution in [0.5, 0.6) is 0 Å². The van der Waals surface area contributed by atoms with E-state index in [1.165, 1.54) is 11.1 Å². The monoisotopic (exact) mass is 508 g/mol. The average Bonchev–Trinajstić information content (AvgIpc) is 3.44. The number of allylic oxidation sites excluding steroid dienone is 1. The molecule has 2 aromatic heterocycles. The van der Waals surface area contributed by atoms with Crippen LogP contribution in [-0.2, 0) is 27.2 Å². The lowest BCUT2D eigenvalue weighted by molar-refractivity contribution is 0.0982. The van der Waals surface area contributed by atoms with Gasteiger partial charge in [-0.1, -0.05) is 66.7 Å². The highest BCUT2D eigenvalue weighted by Gasteiger charge is 2.24. The molecule has 8 heteroatoms. The summed E-state index contributed by atoms with van der Waals surface area (Å²) in [5.74, 6) is 1.83. The summed E-state index contributed by atoms with van der Waals surface area (Å²) in [4.78, 5) is 28.3. The fraction of sp³-hybridized carbons (Fsp3) is 0.267. The minimum atomic E-state index is 0.0265. The second-order valence-electron chi connectivity index (χ2n) is 9.65. The van der Waals surface area contributed by atoms with Crippen LogP contribution in [-0.4, -0.2) is 44.2 Å². The zero-order valence-corrected chi connectivity index (χ0v) is 21.8. The highest BCUT2D eigenvalue weighted by Crippen LogP contribution is 2.26. The van der Waals surface area contributed by atoms with Crippen LogP contribution in [0, 0.1) is 0 Å². The van der Waals surface area contributed by atoms with Gasteiger partial charge in [0.15, 0.2) is 23.2 Å². The first-order valence-corrected chi connectivity index (χ1v) is 12.9. The molecule has 0 amide bonds. The minimum absolute atomic E-state index is 0.0265. The van der Waals surface area contributed by atoms with Gasteiger partial charge in [0.1, 0.15) is 0 Å². The van der Waals surface area contributed by atoms with Crippen molar-refractivity contribution in [2.75, 3.05) is 22.9 Å². The maximum Gasteiger partial charge on any atom is 0.190 e. The molecule has 0 saturated heterocycles. The van der Waals surface area contributed by atoms with Crippen molar-refractivity contribution in [1.82, 2.24) is 19.6 Å². The first-order chi connectivity index (χ1) is 18.5. The fourth-order valence-electron chi connectivity index (χ4n) is 4.83. The lowest BCUT2D eigenvalue weighted by atomic mass is 10.1. The lowest BCUT2D eigenvalue weighted by Crippen LogP contribution is -2.24. The zero-order chi connectivity index (χ0) is 26.5. The summed E-state index contributed by atoms with van der Waals surface area (Å²) in [7, 11) is 3.70. The summed E-state index contributed by atoms with van der Waals surface area (Å²) in [5, 5.41) is 8.88. The van der Waals surface area contributed by atoms with E-state index in [1.807, 2.05) is 62.8 Å². The maximum atomic E-state index is 12.0. The summed E-state index contributed by atoms with van der Waals surface area (Å²) < 4.78 is 3.42. The first-order valence-electron chi connectivity index (χ1n) is 12.9. The van der Waals surface area contributed by atoms with Crippen LogP contribution in [0.1, 0.15) is 44.7 Å². The maximum absolute atomic E-state index is 12.0. The third-order valence-corrected chi connectivity index (χ3v) is 6.64. The number of aromatic nitrogens is 4. The van der Waals surface area contributed by atoms with E-state index >= 15 is 0 Å². The standard InChI is InChI=1S/C15H17N3O.C15H15N3O/c2*1-17-11-13-14(19)8-5-9-18(15(13)16-17)10-12-6-3-2-4-7-12/h2-4,6-7,11H,5,8-10H2,1H3;2-8,11H,9-10H2,1H3. The molecule has 8 nitrogen and oxygen atoms in total. The second-order valence-corrected chi connectivity index (χ2v) is 9.65. The number of nitrogens with zero attached hydrogens (tertiary/aromatic N) is 6. The van der Waals surface area contributed by atoms with Gasteiger partial charge in [-0.15, -0.1) is 0 Å². The Kier molecular flexibility index (Phi) is 7.49. The molecule has 0 spiro atoms. The Labute approximate surface area is 222 Å². The number of aryl methyl sites for hydroxylation is 2. The number of rotatable bonds is 4. The molecular formula is C30H32N6O2. The van der Waals surface area contributed by atoms with Gasteiger partial charge in [0.2, 0.25) is 0 Å². The van der Waals surface area contributed by atoms with E-state index in [4.69, 9.17) is 0 Å². The Morgan fingerprint density at radius 3 is 1.92 bits per heavy atom. The van der Waals surface area contributed by atoms with E-state index in [0.717, 1.165) is 43.3 Å². The third kappa shape index (κ3) is 5.75. The second kappa shape index (κ2) is 11.3. The van der Waals surface area contributed by atoms with Crippen molar-refractivity contribution >= 4 is 23.2 Å². The molecule has 2 aromatic carbocycles. The number of hydrogen-bond donors (Lipinski definition) is 0. The van der Waals surface area contributed by atoms with E-state index in [1.54, 1.807) is 21.6 Å². The first kappa shape index (κ1) is 25.2. The van der Waals surface area contributed by atoms with Crippen molar-refractivity contribution in [3.05, 3.63) is 107 Å². The van der Waals surface area contributed by atoms with E-state index in [2.05, 4.69) is 44.3 Å². The molecule has 0 N–H and O–H groups in total. The number of ketones is 2. The van der Waals surface area contributed by atoms with Crippen molar-refractivity contribution in [2.45, 2.75) is 25.9 Å². The molecule has 0 fully saturated rings. The van der Waals surface area contributed by atoms with Crippen molar-refractivity contribution in [3.8, 4) is 0 Å². The number of Topliss-reactive ketones (excluding diaryl/α,β-unsaturated/α-hetero) is 1. The van der Waals surface area contributed by atoms with Gasteiger partial charge in [0, 0.05) is 59.1 Å².